The SMILES string of the molecule is Cc1cc(C(=O)NCCSCc2ccc(Cl)c(Cl)c2)ccc1NS(C)(=O)=O. The molecule has 27 heavy (non-hydrogen) atoms. The largest absolute Gasteiger partial charge is 0.351 e. The van der Waals surface area contributed by atoms with Crippen LogP contribution in [0, 0.1) is 6.92 Å². The second-order valence-corrected chi connectivity index (χ2v) is 9.63. The highest BCUT2D eigenvalue weighted by Gasteiger charge is 2.10. The van der Waals surface area contributed by atoms with Crippen LogP contribution in [-0.4, -0.2) is 32.9 Å². The molecule has 1 amide bonds. The van der Waals surface area contributed by atoms with Gasteiger partial charge in [-0.3, -0.25) is 9.52 Å². The second kappa shape index (κ2) is 9.68. The van der Waals surface area contributed by atoms with Crippen LogP contribution in [0.5, 0.6) is 0 Å². The minimum atomic E-state index is -3.35. The van der Waals surface area contributed by atoms with E-state index in [1.54, 1.807) is 43.0 Å². The van der Waals surface area contributed by atoms with Crippen LogP contribution in [-0.2, 0) is 15.8 Å². The van der Waals surface area contributed by atoms with Crippen molar-refractivity contribution in [3.05, 3.63) is 63.1 Å². The zero-order chi connectivity index (χ0) is 20.0. The molecule has 0 aliphatic rings. The van der Waals surface area contributed by atoms with Gasteiger partial charge in [-0.1, -0.05) is 29.3 Å². The first-order chi connectivity index (χ1) is 12.7. The van der Waals surface area contributed by atoms with Crippen molar-refractivity contribution in [3.8, 4) is 0 Å². The molecule has 0 unspecified atom stereocenters. The van der Waals surface area contributed by atoms with Gasteiger partial charge < -0.3 is 5.32 Å². The van der Waals surface area contributed by atoms with Crippen LogP contribution in [0.3, 0.4) is 0 Å². The maximum Gasteiger partial charge on any atom is 0.251 e. The van der Waals surface area contributed by atoms with Gasteiger partial charge in [0.2, 0.25) is 10.0 Å². The van der Waals surface area contributed by atoms with E-state index in [0.29, 0.717) is 33.4 Å². The van der Waals surface area contributed by atoms with Crippen LogP contribution in [0.4, 0.5) is 5.69 Å². The van der Waals surface area contributed by atoms with E-state index >= 15 is 0 Å². The van der Waals surface area contributed by atoms with Crippen molar-refractivity contribution in [1.82, 2.24) is 5.32 Å². The zero-order valence-electron chi connectivity index (χ0n) is 14.9. The maximum absolute atomic E-state index is 12.2. The number of aryl methyl sites for hydroxylation is 1. The molecule has 5 nitrogen and oxygen atoms in total. The number of rotatable bonds is 8. The zero-order valence-corrected chi connectivity index (χ0v) is 18.0. The molecule has 0 aromatic heterocycles. The summed E-state index contributed by atoms with van der Waals surface area (Å²) < 4.78 is 25.0. The van der Waals surface area contributed by atoms with E-state index in [1.807, 2.05) is 12.1 Å². The van der Waals surface area contributed by atoms with Gasteiger partial charge in [0, 0.05) is 23.6 Å². The molecule has 0 heterocycles. The van der Waals surface area contributed by atoms with Crippen LogP contribution in [0.2, 0.25) is 10.0 Å². The summed E-state index contributed by atoms with van der Waals surface area (Å²) in [4.78, 5) is 12.2. The number of hydrogen-bond donors (Lipinski definition) is 2. The van der Waals surface area contributed by atoms with Crippen LogP contribution in [0.1, 0.15) is 21.5 Å². The molecule has 0 atom stereocenters. The lowest BCUT2D eigenvalue weighted by Gasteiger charge is -2.10. The number of benzene rings is 2. The Morgan fingerprint density at radius 2 is 1.85 bits per heavy atom. The number of amides is 1. The fourth-order valence-electron chi connectivity index (χ4n) is 2.28. The lowest BCUT2D eigenvalue weighted by Crippen LogP contribution is -2.26. The Balaban J connectivity index is 1.80. The summed E-state index contributed by atoms with van der Waals surface area (Å²) in [5, 5.41) is 3.92. The Labute approximate surface area is 173 Å². The predicted octanol–water partition coefficient (Wildman–Crippen LogP) is 4.34. The van der Waals surface area contributed by atoms with Crippen molar-refractivity contribution in [1.29, 1.82) is 0 Å². The molecule has 2 aromatic carbocycles. The molecule has 0 aliphatic heterocycles. The molecule has 2 rings (SSSR count). The van der Waals surface area contributed by atoms with Gasteiger partial charge in [0.05, 0.1) is 22.0 Å². The van der Waals surface area contributed by atoms with E-state index in [1.165, 1.54) is 0 Å². The van der Waals surface area contributed by atoms with E-state index in [2.05, 4.69) is 10.0 Å². The first-order valence-electron chi connectivity index (χ1n) is 8.04. The van der Waals surface area contributed by atoms with Crippen LogP contribution in [0.25, 0.3) is 0 Å². The smallest absolute Gasteiger partial charge is 0.251 e. The van der Waals surface area contributed by atoms with Crippen molar-refractivity contribution in [2.24, 2.45) is 0 Å². The van der Waals surface area contributed by atoms with Crippen molar-refractivity contribution >= 4 is 56.6 Å². The molecule has 2 N–H and O–H groups in total. The molecule has 0 bridgehead atoms. The number of anilines is 1. The molecule has 0 saturated heterocycles. The highest BCUT2D eigenvalue weighted by atomic mass is 35.5. The Morgan fingerprint density at radius 3 is 2.48 bits per heavy atom. The number of carbonyl (C=O) groups excluding carboxylic acids is 1. The molecular formula is C18H20Cl2N2O3S2. The maximum atomic E-state index is 12.2. The number of thioether (sulfide) groups is 1. The van der Waals surface area contributed by atoms with Crippen molar-refractivity contribution in [3.63, 3.8) is 0 Å². The standard InChI is InChI=1S/C18H20Cl2N2O3S2/c1-12-9-14(4-6-17(12)22-27(2,24)25)18(23)21-7-8-26-11-13-3-5-15(19)16(20)10-13/h3-6,9-10,22H,7-8,11H2,1-2H3,(H,21,23). The quantitative estimate of drug-likeness (QED) is 0.591. The number of halogens is 2. The van der Waals surface area contributed by atoms with E-state index in [0.717, 1.165) is 23.3 Å². The summed E-state index contributed by atoms with van der Waals surface area (Å²) in [6.07, 6.45) is 1.09. The predicted molar refractivity (Wildman–Crippen MR) is 115 cm³/mol. The lowest BCUT2D eigenvalue weighted by molar-refractivity contribution is 0.0956. The van der Waals surface area contributed by atoms with Gasteiger partial charge >= 0.3 is 0 Å². The highest BCUT2D eigenvalue weighted by molar-refractivity contribution is 7.98. The van der Waals surface area contributed by atoms with Crippen LogP contribution < -0.4 is 10.0 Å². The Morgan fingerprint density at radius 1 is 1.11 bits per heavy atom. The third-order valence-corrected chi connectivity index (χ3v) is 5.93. The minimum Gasteiger partial charge on any atom is -0.351 e. The van der Waals surface area contributed by atoms with Crippen LogP contribution >= 0.6 is 35.0 Å². The summed E-state index contributed by atoms with van der Waals surface area (Å²) in [6.45, 7) is 2.27. The number of sulfonamides is 1. The Kier molecular flexibility index (Phi) is 7.85. The van der Waals surface area contributed by atoms with E-state index < -0.39 is 10.0 Å². The van der Waals surface area contributed by atoms with Gasteiger partial charge in [0.1, 0.15) is 0 Å². The first-order valence-corrected chi connectivity index (χ1v) is 11.8. The molecule has 0 fully saturated rings. The fourth-order valence-corrected chi connectivity index (χ4v) is 4.03. The van der Waals surface area contributed by atoms with Gasteiger partial charge in [0.15, 0.2) is 0 Å². The first kappa shape index (κ1) is 21.9. The van der Waals surface area contributed by atoms with Crippen molar-refractivity contribution in [2.75, 3.05) is 23.3 Å². The molecule has 146 valence electrons. The summed E-state index contributed by atoms with van der Waals surface area (Å²) >= 11 is 13.6. The summed E-state index contributed by atoms with van der Waals surface area (Å²) in [5.41, 5.74) is 2.71. The number of hydrogen-bond acceptors (Lipinski definition) is 4. The van der Waals surface area contributed by atoms with E-state index in [-0.39, 0.29) is 5.91 Å². The molecule has 0 aliphatic carbocycles. The third-order valence-electron chi connectivity index (χ3n) is 3.57. The molecule has 0 saturated carbocycles. The topological polar surface area (TPSA) is 75.3 Å². The summed E-state index contributed by atoms with van der Waals surface area (Å²) in [5.74, 6) is 1.33. The Bertz CT molecular complexity index is 934. The van der Waals surface area contributed by atoms with Gasteiger partial charge in [-0.05, 0) is 48.4 Å². The molecule has 0 spiro atoms. The van der Waals surface area contributed by atoms with E-state index in [9.17, 15) is 13.2 Å². The van der Waals surface area contributed by atoms with Crippen molar-refractivity contribution in [2.45, 2.75) is 12.7 Å². The van der Waals surface area contributed by atoms with E-state index in [4.69, 9.17) is 23.2 Å². The third kappa shape index (κ3) is 7.25. The summed E-state index contributed by atoms with van der Waals surface area (Å²) in [7, 11) is -3.35. The average molecular weight is 447 g/mol. The molecule has 0 radical (unpaired) electrons. The fraction of sp³-hybridized carbons (Fsp3) is 0.278. The van der Waals surface area contributed by atoms with Gasteiger partial charge in [-0.25, -0.2) is 8.42 Å². The number of nitrogens with one attached hydrogen (secondary N) is 2. The minimum absolute atomic E-state index is 0.195. The Hall–Kier alpha value is -1.41. The normalized spacial score (nSPS) is 11.3. The van der Waals surface area contributed by atoms with Gasteiger partial charge in [-0.15, -0.1) is 0 Å². The molecular weight excluding hydrogens is 427 g/mol. The second-order valence-electron chi connectivity index (χ2n) is 5.96. The molecule has 9 heteroatoms. The molecule has 2 aromatic rings. The monoisotopic (exact) mass is 446 g/mol. The number of carbonyl (C=O) groups is 1. The van der Waals surface area contributed by atoms with Crippen LogP contribution in [0.15, 0.2) is 36.4 Å². The highest BCUT2D eigenvalue weighted by Crippen LogP contribution is 2.24. The van der Waals surface area contributed by atoms with Gasteiger partial charge in [-0.2, -0.15) is 11.8 Å². The van der Waals surface area contributed by atoms with Crippen molar-refractivity contribution < 1.29 is 13.2 Å². The average Bonchev–Trinajstić information content (AvgIpc) is 2.58. The summed E-state index contributed by atoms with van der Waals surface area (Å²) in [6, 6.07) is 10.4. The van der Waals surface area contributed by atoms with Gasteiger partial charge in [0.25, 0.3) is 5.91 Å². The lowest BCUT2D eigenvalue weighted by atomic mass is 10.1.